The highest BCUT2D eigenvalue weighted by Gasteiger charge is 2.55. The van der Waals surface area contributed by atoms with Crippen LogP contribution in [0.15, 0.2) is 0 Å². The maximum absolute atomic E-state index is 12.2. The van der Waals surface area contributed by atoms with E-state index < -0.39 is 0 Å². The zero-order valence-corrected chi connectivity index (χ0v) is 11.5. The Morgan fingerprint density at radius 2 is 2.06 bits per heavy atom. The minimum atomic E-state index is -0.368. The lowest BCUT2D eigenvalue weighted by molar-refractivity contribution is -0.148. The smallest absolute Gasteiger partial charge is 0.225 e. The Kier molecular flexibility index (Phi) is 3.13. The lowest BCUT2D eigenvalue weighted by Crippen LogP contribution is -2.56. The van der Waals surface area contributed by atoms with Gasteiger partial charge in [0, 0.05) is 18.5 Å². The molecule has 0 aromatic carbocycles. The molecule has 1 amide bonds. The first-order valence-corrected chi connectivity index (χ1v) is 7.55. The van der Waals surface area contributed by atoms with Crippen molar-refractivity contribution in [3.05, 3.63) is 0 Å². The number of carbonyl (C=O) groups excluding carboxylic acids is 1. The number of fused-ring (bicyclic) bond motifs is 5. The third kappa shape index (κ3) is 1.87. The van der Waals surface area contributed by atoms with Crippen LogP contribution >= 0.6 is 0 Å². The van der Waals surface area contributed by atoms with Crippen molar-refractivity contribution >= 4 is 5.91 Å². The Morgan fingerprint density at radius 1 is 1.33 bits per heavy atom. The summed E-state index contributed by atoms with van der Waals surface area (Å²) in [5, 5.41) is 10.2. The van der Waals surface area contributed by atoms with Crippen LogP contribution in [-0.2, 0) is 4.79 Å². The van der Waals surface area contributed by atoms with E-state index in [0.717, 1.165) is 13.0 Å². The number of amides is 1. The van der Waals surface area contributed by atoms with Crippen molar-refractivity contribution in [3.8, 4) is 0 Å². The fourth-order valence-corrected chi connectivity index (χ4v) is 4.58. The third-order valence-corrected chi connectivity index (χ3v) is 5.39. The number of piperidine rings is 1. The Hall–Kier alpha value is -0.570. The average molecular weight is 251 g/mol. The van der Waals surface area contributed by atoms with Gasteiger partial charge in [-0.2, -0.15) is 0 Å². The monoisotopic (exact) mass is 251 g/mol. The number of likely N-dealkylation sites (tertiary alicyclic amines) is 1. The number of hydrogen-bond acceptors (Lipinski definition) is 2. The van der Waals surface area contributed by atoms with Gasteiger partial charge in [-0.3, -0.25) is 4.79 Å². The van der Waals surface area contributed by atoms with E-state index >= 15 is 0 Å². The first-order valence-electron chi connectivity index (χ1n) is 7.55. The summed E-state index contributed by atoms with van der Waals surface area (Å²) < 4.78 is 0. The maximum Gasteiger partial charge on any atom is 0.225 e. The van der Waals surface area contributed by atoms with Crippen LogP contribution in [0.4, 0.5) is 0 Å². The third-order valence-electron chi connectivity index (χ3n) is 5.39. The summed E-state index contributed by atoms with van der Waals surface area (Å²) in [7, 11) is 0. The summed E-state index contributed by atoms with van der Waals surface area (Å²) in [6.45, 7) is 5.32. The van der Waals surface area contributed by atoms with Gasteiger partial charge < -0.3 is 10.0 Å². The van der Waals surface area contributed by atoms with Crippen molar-refractivity contribution in [2.45, 2.75) is 58.1 Å². The Balaban J connectivity index is 1.78. The molecule has 3 fully saturated rings. The van der Waals surface area contributed by atoms with Gasteiger partial charge in [-0.05, 0) is 43.4 Å². The number of aliphatic hydroxyl groups excluding tert-OH is 1. The summed E-state index contributed by atoms with van der Waals surface area (Å²) in [5.41, 5.74) is 0. The van der Waals surface area contributed by atoms with Gasteiger partial charge in [0.1, 0.15) is 0 Å². The second kappa shape index (κ2) is 4.52. The first-order chi connectivity index (χ1) is 8.58. The fraction of sp³-hybridized carbons (Fsp3) is 0.933. The molecule has 1 saturated heterocycles. The molecule has 5 unspecified atom stereocenters. The van der Waals surface area contributed by atoms with Crippen molar-refractivity contribution < 1.29 is 9.90 Å². The van der Waals surface area contributed by atoms with Crippen LogP contribution in [-0.4, -0.2) is 34.6 Å². The largest absolute Gasteiger partial charge is 0.392 e. The highest BCUT2D eigenvalue weighted by Crippen LogP contribution is 2.53. The lowest BCUT2D eigenvalue weighted by Gasteiger charge is -2.46. The van der Waals surface area contributed by atoms with Gasteiger partial charge in [0.05, 0.1) is 12.5 Å². The molecule has 102 valence electrons. The Bertz CT molecular complexity index is 341. The molecule has 0 radical (unpaired) electrons. The number of aliphatic hydroxyl groups is 1. The lowest BCUT2D eigenvalue weighted by atomic mass is 9.76. The van der Waals surface area contributed by atoms with Crippen LogP contribution in [0, 0.1) is 23.7 Å². The zero-order valence-electron chi connectivity index (χ0n) is 11.5. The molecule has 2 aliphatic carbocycles. The molecule has 1 aliphatic heterocycles. The standard InChI is InChI=1S/C15H25NO2/c1-9(2)5-6-16-13(18)8-12(17)14-10-3-4-11(7-10)15(14)16/h9-12,14-15,17H,3-8H2,1-2H3. The molecule has 3 aliphatic rings. The van der Waals surface area contributed by atoms with Crippen molar-refractivity contribution in [1.29, 1.82) is 0 Å². The van der Waals surface area contributed by atoms with E-state index in [1.54, 1.807) is 0 Å². The summed E-state index contributed by atoms with van der Waals surface area (Å²) in [6, 6.07) is 0.360. The average Bonchev–Trinajstić information content (AvgIpc) is 2.88. The van der Waals surface area contributed by atoms with Gasteiger partial charge in [0.15, 0.2) is 0 Å². The fourth-order valence-electron chi connectivity index (χ4n) is 4.58. The molecule has 1 heterocycles. The second-order valence-electron chi connectivity index (χ2n) is 6.94. The summed E-state index contributed by atoms with van der Waals surface area (Å²) in [5.74, 6) is 2.57. The molecule has 3 nitrogen and oxygen atoms in total. The normalized spacial score (nSPS) is 42.8. The van der Waals surface area contributed by atoms with E-state index in [4.69, 9.17) is 0 Å². The van der Waals surface area contributed by atoms with E-state index in [0.29, 0.717) is 36.1 Å². The minimum Gasteiger partial charge on any atom is -0.392 e. The van der Waals surface area contributed by atoms with Gasteiger partial charge in [0.2, 0.25) is 5.91 Å². The topological polar surface area (TPSA) is 40.5 Å². The molecule has 18 heavy (non-hydrogen) atoms. The number of rotatable bonds is 3. The summed E-state index contributed by atoms with van der Waals surface area (Å²) in [6.07, 6.45) is 4.87. The van der Waals surface area contributed by atoms with E-state index in [2.05, 4.69) is 18.7 Å². The van der Waals surface area contributed by atoms with Crippen molar-refractivity contribution in [2.75, 3.05) is 6.54 Å². The van der Waals surface area contributed by atoms with Gasteiger partial charge in [0.25, 0.3) is 0 Å². The predicted molar refractivity (Wildman–Crippen MR) is 69.9 cm³/mol. The van der Waals surface area contributed by atoms with E-state index in [1.165, 1.54) is 19.3 Å². The predicted octanol–water partition coefficient (Wildman–Crippen LogP) is 2.04. The minimum absolute atomic E-state index is 0.192. The van der Waals surface area contributed by atoms with Crippen LogP contribution < -0.4 is 0 Å². The molecule has 2 saturated carbocycles. The van der Waals surface area contributed by atoms with Crippen molar-refractivity contribution in [1.82, 2.24) is 4.90 Å². The number of carbonyl (C=O) groups is 1. The van der Waals surface area contributed by atoms with Gasteiger partial charge in [-0.1, -0.05) is 13.8 Å². The molecule has 0 aromatic heterocycles. The van der Waals surface area contributed by atoms with Crippen molar-refractivity contribution in [2.24, 2.45) is 23.7 Å². The van der Waals surface area contributed by atoms with Crippen LogP contribution in [0.5, 0.6) is 0 Å². The second-order valence-corrected chi connectivity index (χ2v) is 6.94. The van der Waals surface area contributed by atoms with Gasteiger partial charge in [-0.15, -0.1) is 0 Å². The maximum atomic E-state index is 12.2. The van der Waals surface area contributed by atoms with Crippen LogP contribution in [0.25, 0.3) is 0 Å². The van der Waals surface area contributed by atoms with E-state index in [-0.39, 0.29) is 12.0 Å². The summed E-state index contributed by atoms with van der Waals surface area (Å²) >= 11 is 0. The molecule has 0 aromatic rings. The highest BCUT2D eigenvalue weighted by molar-refractivity contribution is 5.78. The van der Waals surface area contributed by atoms with Crippen LogP contribution in [0.3, 0.4) is 0 Å². The van der Waals surface area contributed by atoms with E-state index in [1.807, 2.05) is 0 Å². The quantitative estimate of drug-likeness (QED) is 0.834. The SMILES string of the molecule is CC(C)CCN1C(=O)CC(O)C2C3CCC(C3)C21. The number of nitrogens with zero attached hydrogens (tertiary/aromatic N) is 1. The molecule has 5 atom stereocenters. The van der Waals surface area contributed by atoms with Crippen LogP contribution in [0.1, 0.15) is 46.0 Å². The molecule has 2 bridgehead atoms. The highest BCUT2D eigenvalue weighted by atomic mass is 16.3. The zero-order chi connectivity index (χ0) is 12.9. The first kappa shape index (κ1) is 12.5. The molecular weight excluding hydrogens is 226 g/mol. The molecule has 0 spiro atoms. The van der Waals surface area contributed by atoms with E-state index in [9.17, 15) is 9.90 Å². The van der Waals surface area contributed by atoms with Gasteiger partial charge >= 0.3 is 0 Å². The van der Waals surface area contributed by atoms with Gasteiger partial charge in [-0.25, -0.2) is 0 Å². The molecule has 1 N–H and O–H groups in total. The number of hydrogen-bond donors (Lipinski definition) is 1. The molecule has 3 heteroatoms. The van der Waals surface area contributed by atoms with Crippen molar-refractivity contribution in [3.63, 3.8) is 0 Å². The summed E-state index contributed by atoms with van der Waals surface area (Å²) in [4.78, 5) is 14.3. The molecular formula is C15H25NO2. The van der Waals surface area contributed by atoms with Crippen LogP contribution in [0.2, 0.25) is 0 Å². The Morgan fingerprint density at radius 3 is 2.78 bits per heavy atom. The Labute approximate surface area is 110 Å². The molecule has 3 rings (SSSR count).